The summed E-state index contributed by atoms with van der Waals surface area (Å²) in [6, 6.07) is 4.62. The molecule has 0 aliphatic carbocycles. The SMILES string of the molecule is CC1=[N+](C(=O)c2ccc(Cl)c(Cl)c2)Cc2c(nn3c2C(F)(F)CNCC3)C1. The molecule has 2 aliphatic rings. The molecule has 0 atom stereocenters. The molecule has 1 aromatic carbocycles. The first-order valence-electron chi connectivity index (χ1n) is 8.55. The van der Waals surface area contributed by atoms with Gasteiger partial charge in [0.05, 0.1) is 46.4 Å². The Hall–Kier alpha value is -1.83. The van der Waals surface area contributed by atoms with E-state index in [9.17, 15) is 13.6 Å². The molecule has 0 unspecified atom stereocenters. The van der Waals surface area contributed by atoms with Crippen LogP contribution in [0.4, 0.5) is 8.78 Å². The third kappa shape index (κ3) is 3.17. The van der Waals surface area contributed by atoms with Crippen LogP contribution in [0.5, 0.6) is 0 Å². The van der Waals surface area contributed by atoms with Gasteiger partial charge in [-0.2, -0.15) is 18.5 Å². The number of nitrogens with zero attached hydrogens (tertiary/aromatic N) is 3. The molecule has 0 saturated heterocycles. The zero-order chi connectivity index (χ0) is 19.3. The first kappa shape index (κ1) is 18.5. The van der Waals surface area contributed by atoms with Crippen LogP contribution in [0.3, 0.4) is 0 Å². The number of aromatic nitrogens is 2. The zero-order valence-corrected chi connectivity index (χ0v) is 16.0. The highest BCUT2D eigenvalue weighted by Gasteiger charge is 2.44. The molecule has 0 bridgehead atoms. The first-order valence-corrected chi connectivity index (χ1v) is 9.30. The molecule has 2 aromatic rings. The molecule has 0 saturated carbocycles. The molecular formula is C18H17Cl2F2N4O+. The van der Waals surface area contributed by atoms with Crippen molar-refractivity contribution in [3.8, 4) is 0 Å². The van der Waals surface area contributed by atoms with Gasteiger partial charge < -0.3 is 5.32 Å². The van der Waals surface area contributed by atoms with Crippen molar-refractivity contribution in [3.63, 3.8) is 0 Å². The molecule has 0 fully saturated rings. The lowest BCUT2D eigenvalue weighted by Gasteiger charge is -2.18. The van der Waals surface area contributed by atoms with Crippen LogP contribution in [0.25, 0.3) is 0 Å². The summed E-state index contributed by atoms with van der Waals surface area (Å²) in [4.78, 5) is 13.0. The van der Waals surface area contributed by atoms with E-state index in [1.807, 2.05) is 6.92 Å². The number of carbonyl (C=O) groups excluding carboxylic acids is 1. The van der Waals surface area contributed by atoms with Gasteiger partial charge in [0.1, 0.15) is 5.69 Å². The summed E-state index contributed by atoms with van der Waals surface area (Å²) in [6.45, 7) is 2.23. The van der Waals surface area contributed by atoms with Gasteiger partial charge >= 0.3 is 11.8 Å². The normalized spacial score (nSPS) is 18.7. The molecule has 1 aromatic heterocycles. The van der Waals surface area contributed by atoms with Gasteiger partial charge in [-0.05, 0) is 18.2 Å². The van der Waals surface area contributed by atoms with Crippen molar-refractivity contribution in [1.82, 2.24) is 15.1 Å². The molecule has 5 nitrogen and oxygen atoms in total. The van der Waals surface area contributed by atoms with Crippen molar-refractivity contribution in [1.29, 1.82) is 0 Å². The Bertz CT molecular complexity index is 984. The van der Waals surface area contributed by atoms with E-state index in [-0.39, 0.29) is 23.2 Å². The van der Waals surface area contributed by atoms with Gasteiger partial charge in [0.15, 0.2) is 12.3 Å². The number of fused-ring (bicyclic) bond motifs is 3. The number of hydrogen-bond acceptors (Lipinski definition) is 3. The van der Waals surface area contributed by atoms with Gasteiger partial charge in [-0.25, -0.2) is 4.79 Å². The second-order valence-corrected chi connectivity index (χ2v) is 7.62. The second-order valence-electron chi connectivity index (χ2n) is 6.81. The summed E-state index contributed by atoms with van der Waals surface area (Å²) in [5.74, 6) is -3.34. The van der Waals surface area contributed by atoms with Crippen LogP contribution in [0.2, 0.25) is 10.0 Å². The molecule has 4 rings (SSSR count). The smallest absolute Gasteiger partial charge is 0.309 e. The van der Waals surface area contributed by atoms with Gasteiger partial charge in [-0.15, -0.1) is 0 Å². The Morgan fingerprint density at radius 2 is 2.11 bits per heavy atom. The van der Waals surface area contributed by atoms with Crippen LogP contribution < -0.4 is 5.32 Å². The highest BCUT2D eigenvalue weighted by Crippen LogP contribution is 2.35. The third-order valence-electron chi connectivity index (χ3n) is 4.94. The Morgan fingerprint density at radius 1 is 1.33 bits per heavy atom. The molecular weight excluding hydrogens is 397 g/mol. The minimum Gasteiger partial charge on any atom is -0.309 e. The number of halogens is 4. The van der Waals surface area contributed by atoms with Crippen LogP contribution in [-0.4, -0.2) is 39.1 Å². The summed E-state index contributed by atoms with van der Waals surface area (Å²) in [5, 5.41) is 7.75. The van der Waals surface area contributed by atoms with Crippen molar-refractivity contribution < 1.29 is 18.2 Å². The lowest BCUT2D eigenvalue weighted by Crippen LogP contribution is -2.34. The minimum atomic E-state index is -3.04. The Labute approximate surface area is 164 Å². The molecule has 0 radical (unpaired) electrons. The number of amides is 1. The summed E-state index contributed by atoms with van der Waals surface area (Å²) in [7, 11) is 0. The second kappa shape index (κ2) is 6.65. The highest BCUT2D eigenvalue weighted by molar-refractivity contribution is 6.42. The lowest BCUT2D eigenvalue weighted by atomic mass is 10.0. The van der Waals surface area contributed by atoms with Crippen molar-refractivity contribution in [2.75, 3.05) is 13.1 Å². The van der Waals surface area contributed by atoms with E-state index in [0.29, 0.717) is 41.4 Å². The average Bonchev–Trinajstić information content (AvgIpc) is 2.90. The topological polar surface area (TPSA) is 49.9 Å². The van der Waals surface area contributed by atoms with Crippen molar-refractivity contribution in [3.05, 3.63) is 50.8 Å². The summed E-state index contributed by atoms with van der Waals surface area (Å²) < 4.78 is 32.2. The van der Waals surface area contributed by atoms with Crippen molar-refractivity contribution in [2.45, 2.75) is 32.4 Å². The zero-order valence-electron chi connectivity index (χ0n) is 14.5. The molecule has 1 N–H and O–H groups in total. The van der Waals surface area contributed by atoms with Crippen LogP contribution in [-0.2, 0) is 25.4 Å². The Kier molecular flexibility index (Phi) is 4.56. The maximum absolute atomic E-state index is 14.7. The number of hydrogen-bond donors (Lipinski definition) is 1. The predicted octanol–water partition coefficient (Wildman–Crippen LogP) is 3.25. The quantitative estimate of drug-likeness (QED) is 0.729. The van der Waals surface area contributed by atoms with E-state index in [0.717, 1.165) is 5.71 Å². The predicted molar refractivity (Wildman–Crippen MR) is 98.1 cm³/mol. The number of benzene rings is 1. The van der Waals surface area contributed by atoms with E-state index in [1.54, 1.807) is 12.1 Å². The monoisotopic (exact) mass is 413 g/mol. The van der Waals surface area contributed by atoms with Gasteiger partial charge in [-0.1, -0.05) is 23.2 Å². The largest absolute Gasteiger partial charge is 0.419 e. The fraction of sp³-hybridized carbons (Fsp3) is 0.389. The standard InChI is InChI=1S/C18H17Cl2F2N4O/c1-10-6-15-12(16-18(21,22)9-23-4-5-26(16)24-15)8-25(10)17(27)11-2-3-13(19)14(20)7-11/h2-3,7,23H,4-6,8-9H2,1H3/q+1. The minimum absolute atomic E-state index is 0.0607. The molecule has 9 heteroatoms. The molecule has 1 amide bonds. The lowest BCUT2D eigenvalue weighted by molar-refractivity contribution is -0.449. The molecule has 142 valence electrons. The van der Waals surface area contributed by atoms with Crippen LogP contribution in [0.15, 0.2) is 18.2 Å². The van der Waals surface area contributed by atoms with Gasteiger partial charge in [0.2, 0.25) is 0 Å². The molecule has 2 aliphatic heterocycles. The number of alkyl halides is 2. The van der Waals surface area contributed by atoms with Crippen LogP contribution in [0, 0.1) is 0 Å². The summed E-state index contributed by atoms with van der Waals surface area (Å²) >= 11 is 11.9. The fourth-order valence-electron chi connectivity index (χ4n) is 3.60. The van der Waals surface area contributed by atoms with E-state index in [4.69, 9.17) is 23.2 Å². The van der Waals surface area contributed by atoms with Gasteiger partial charge in [-0.3, -0.25) is 4.68 Å². The molecule has 3 heterocycles. The van der Waals surface area contributed by atoms with Gasteiger partial charge in [0.25, 0.3) is 0 Å². The number of rotatable bonds is 1. The highest BCUT2D eigenvalue weighted by atomic mass is 35.5. The Balaban J connectivity index is 1.74. The van der Waals surface area contributed by atoms with Crippen molar-refractivity contribution in [2.24, 2.45) is 0 Å². The molecule has 0 spiro atoms. The molecule has 27 heavy (non-hydrogen) atoms. The van der Waals surface area contributed by atoms with Crippen molar-refractivity contribution >= 4 is 34.8 Å². The maximum atomic E-state index is 14.7. The van der Waals surface area contributed by atoms with E-state index < -0.39 is 12.5 Å². The van der Waals surface area contributed by atoms with E-state index in [1.165, 1.54) is 15.3 Å². The average molecular weight is 414 g/mol. The van der Waals surface area contributed by atoms with Crippen LogP contribution >= 0.6 is 23.2 Å². The summed E-state index contributed by atoms with van der Waals surface area (Å²) in [5.41, 5.74) is 2.07. The van der Waals surface area contributed by atoms with Gasteiger partial charge in [0, 0.05) is 13.5 Å². The van der Waals surface area contributed by atoms with E-state index in [2.05, 4.69) is 10.4 Å². The third-order valence-corrected chi connectivity index (χ3v) is 5.68. The summed E-state index contributed by atoms with van der Waals surface area (Å²) in [6.07, 6.45) is 0.353. The number of nitrogens with one attached hydrogen (secondary N) is 1. The maximum Gasteiger partial charge on any atom is 0.419 e. The number of carbonyl (C=O) groups is 1. The first-order chi connectivity index (χ1) is 12.8. The Morgan fingerprint density at radius 3 is 2.85 bits per heavy atom. The van der Waals surface area contributed by atoms with Crippen LogP contribution in [0.1, 0.15) is 34.2 Å². The fourth-order valence-corrected chi connectivity index (χ4v) is 3.90. The van der Waals surface area contributed by atoms with E-state index >= 15 is 0 Å².